The molecule has 0 radical (unpaired) electrons. The van der Waals surface area contributed by atoms with Crippen molar-refractivity contribution in [2.45, 2.75) is 31.1 Å². The van der Waals surface area contributed by atoms with Gasteiger partial charge in [-0.3, -0.25) is 4.79 Å². The Labute approximate surface area is 161 Å². The molecule has 0 spiro atoms. The van der Waals surface area contributed by atoms with Gasteiger partial charge in [0, 0.05) is 18.9 Å². The molecule has 0 saturated heterocycles. The number of carbonyl (C=O) groups is 1. The summed E-state index contributed by atoms with van der Waals surface area (Å²) in [6.45, 7) is 3.98. The molecular weight excluding hydrogens is 384 g/mol. The Morgan fingerprint density at radius 2 is 1.85 bits per heavy atom. The maximum atomic E-state index is 12.4. The number of fused-ring (bicyclic) bond motifs is 1. The smallest absolute Gasteiger partial charge is 0.240 e. The fourth-order valence-electron chi connectivity index (χ4n) is 2.42. The minimum atomic E-state index is -3.68. The Bertz CT molecular complexity index is 1060. The van der Waals surface area contributed by atoms with Gasteiger partial charge in [0.25, 0.3) is 0 Å². The SMILES string of the molecule is CC(C)c1nnc(NC(=O)CCNS(=O)(=O)c2ccc3ccccc3c2)s1. The summed E-state index contributed by atoms with van der Waals surface area (Å²) < 4.78 is 27.3. The van der Waals surface area contributed by atoms with Crippen LogP contribution >= 0.6 is 11.3 Å². The van der Waals surface area contributed by atoms with E-state index in [1.54, 1.807) is 18.2 Å². The number of amides is 1. The fourth-order valence-corrected chi connectivity index (χ4v) is 4.25. The van der Waals surface area contributed by atoms with Gasteiger partial charge in [0.05, 0.1) is 4.90 Å². The van der Waals surface area contributed by atoms with Crippen LogP contribution in [0.15, 0.2) is 47.4 Å². The molecule has 2 N–H and O–H groups in total. The van der Waals surface area contributed by atoms with Gasteiger partial charge in [-0.25, -0.2) is 13.1 Å². The van der Waals surface area contributed by atoms with E-state index in [4.69, 9.17) is 0 Å². The topological polar surface area (TPSA) is 101 Å². The standard InChI is InChI=1S/C18H20N4O3S2/c1-12(2)17-21-22-18(26-17)20-16(23)9-10-19-27(24,25)15-8-7-13-5-3-4-6-14(13)11-15/h3-8,11-12,19H,9-10H2,1-2H3,(H,20,22,23). The molecule has 0 aliphatic carbocycles. The average Bonchev–Trinajstić information content (AvgIpc) is 3.10. The molecule has 3 aromatic rings. The second kappa shape index (κ2) is 8.12. The molecule has 1 amide bonds. The predicted octanol–water partition coefficient (Wildman–Crippen LogP) is 3.12. The van der Waals surface area contributed by atoms with Gasteiger partial charge in [0.2, 0.25) is 21.1 Å². The molecule has 0 saturated carbocycles. The number of rotatable bonds is 7. The summed E-state index contributed by atoms with van der Waals surface area (Å²) in [5.41, 5.74) is 0. The summed E-state index contributed by atoms with van der Waals surface area (Å²) in [6, 6.07) is 12.5. The van der Waals surface area contributed by atoms with Crippen molar-refractivity contribution in [1.82, 2.24) is 14.9 Å². The number of hydrogen-bond acceptors (Lipinski definition) is 6. The third kappa shape index (κ3) is 4.88. The lowest BCUT2D eigenvalue weighted by atomic mass is 10.1. The second-order valence-electron chi connectivity index (χ2n) is 6.31. The monoisotopic (exact) mass is 404 g/mol. The molecule has 7 nitrogen and oxygen atoms in total. The van der Waals surface area contributed by atoms with Crippen molar-refractivity contribution in [2.24, 2.45) is 0 Å². The number of nitrogens with zero attached hydrogens (tertiary/aromatic N) is 2. The lowest BCUT2D eigenvalue weighted by Crippen LogP contribution is -2.27. The van der Waals surface area contributed by atoms with Crippen molar-refractivity contribution >= 4 is 43.2 Å². The van der Waals surface area contributed by atoms with Crippen LogP contribution in [-0.2, 0) is 14.8 Å². The molecule has 27 heavy (non-hydrogen) atoms. The molecule has 2 aromatic carbocycles. The molecule has 1 aromatic heterocycles. The van der Waals surface area contributed by atoms with E-state index >= 15 is 0 Å². The number of nitrogens with one attached hydrogen (secondary N) is 2. The highest BCUT2D eigenvalue weighted by Gasteiger charge is 2.15. The first-order valence-corrected chi connectivity index (χ1v) is 10.8. The zero-order chi connectivity index (χ0) is 19.4. The normalized spacial score (nSPS) is 11.8. The number of hydrogen-bond donors (Lipinski definition) is 2. The first kappa shape index (κ1) is 19.4. The summed E-state index contributed by atoms with van der Waals surface area (Å²) >= 11 is 1.31. The summed E-state index contributed by atoms with van der Waals surface area (Å²) in [6.07, 6.45) is 0.00338. The lowest BCUT2D eigenvalue weighted by molar-refractivity contribution is -0.116. The van der Waals surface area contributed by atoms with E-state index in [0.29, 0.717) is 5.13 Å². The van der Waals surface area contributed by atoms with Crippen molar-refractivity contribution in [3.05, 3.63) is 47.5 Å². The molecule has 0 bridgehead atoms. The van der Waals surface area contributed by atoms with Crippen LogP contribution in [0.3, 0.4) is 0 Å². The first-order chi connectivity index (χ1) is 12.8. The van der Waals surface area contributed by atoms with Gasteiger partial charge in [-0.15, -0.1) is 10.2 Å². The Hall–Kier alpha value is -2.36. The van der Waals surface area contributed by atoms with Crippen LogP contribution in [-0.4, -0.2) is 31.1 Å². The highest BCUT2D eigenvalue weighted by molar-refractivity contribution is 7.89. The third-order valence-electron chi connectivity index (χ3n) is 3.86. The molecule has 0 atom stereocenters. The predicted molar refractivity (Wildman–Crippen MR) is 106 cm³/mol. The maximum Gasteiger partial charge on any atom is 0.240 e. The Morgan fingerprint density at radius 3 is 2.56 bits per heavy atom. The second-order valence-corrected chi connectivity index (χ2v) is 9.08. The fraction of sp³-hybridized carbons (Fsp3) is 0.278. The lowest BCUT2D eigenvalue weighted by Gasteiger charge is -2.07. The van der Waals surface area contributed by atoms with Crippen molar-refractivity contribution in [2.75, 3.05) is 11.9 Å². The maximum absolute atomic E-state index is 12.4. The first-order valence-electron chi connectivity index (χ1n) is 8.47. The van der Waals surface area contributed by atoms with Crippen molar-refractivity contribution in [3.63, 3.8) is 0 Å². The Morgan fingerprint density at radius 1 is 1.11 bits per heavy atom. The van der Waals surface area contributed by atoms with E-state index in [1.165, 1.54) is 11.3 Å². The van der Waals surface area contributed by atoms with E-state index in [0.717, 1.165) is 15.8 Å². The van der Waals surface area contributed by atoms with Gasteiger partial charge in [-0.2, -0.15) is 0 Å². The van der Waals surface area contributed by atoms with E-state index in [1.807, 2.05) is 38.1 Å². The Balaban J connectivity index is 1.57. The molecule has 0 unspecified atom stereocenters. The van der Waals surface area contributed by atoms with E-state index in [2.05, 4.69) is 20.2 Å². The van der Waals surface area contributed by atoms with Crippen LogP contribution in [0.5, 0.6) is 0 Å². The van der Waals surface area contributed by atoms with Gasteiger partial charge in [-0.05, 0) is 22.9 Å². The van der Waals surface area contributed by atoms with E-state index < -0.39 is 10.0 Å². The molecule has 1 heterocycles. The number of sulfonamides is 1. The zero-order valence-electron chi connectivity index (χ0n) is 15.0. The molecule has 0 aliphatic rings. The van der Waals surface area contributed by atoms with Gasteiger partial charge in [0.15, 0.2) is 0 Å². The highest BCUT2D eigenvalue weighted by atomic mass is 32.2. The summed E-state index contributed by atoms with van der Waals surface area (Å²) in [5.74, 6) is -0.0791. The molecule has 0 fully saturated rings. The van der Waals surface area contributed by atoms with Gasteiger partial charge >= 0.3 is 0 Å². The van der Waals surface area contributed by atoms with Crippen LogP contribution in [0.4, 0.5) is 5.13 Å². The van der Waals surface area contributed by atoms with Crippen LogP contribution in [0.1, 0.15) is 31.2 Å². The van der Waals surface area contributed by atoms with Crippen molar-refractivity contribution < 1.29 is 13.2 Å². The van der Waals surface area contributed by atoms with E-state index in [9.17, 15) is 13.2 Å². The molecule has 3 rings (SSSR count). The van der Waals surface area contributed by atoms with Crippen LogP contribution in [0.25, 0.3) is 10.8 Å². The van der Waals surface area contributed by atoms with E-state index in [-0.39, 0.29) is 29.7 Å². The minimum Gasteiger partial charge on any atom is -0.300 e. The summed E-state index contributed by atoms with van der Waals surface area (Å²) in [5, 5.41) is 13.6. The van der Waals surface area contributed by atoms with Gasteiger partial charge in [-0.1, -0.05) is 55.5 Å². The number of anilines is 1. The number of benzene rings is 2. The average molecular weight is 405 g/mol. The van der Waals surface area contributed by atoms with Gasteiger partial charge < -0.3 is 5.32 Å². The number of aromatic nitrogens is 2. The molecular formula is C18H20N4O3S2. The third-order valence-corrected chi connectivity index (χ3v) is 6.45. The van der Waals surface area contributed by atoms with Crippen molar-refractivity contribution in [1.29, 1.82) is 0 Å². The summed E-state index contributed by atoms with van der Waals surface area (Å²) in [4.78, 5) is 12.2. The summed E-state index contributed by atoms with van der Waals surface area (Å²) in [7, 11) is -3.68. The molecule has 0 aliphatic heterocycles. The highest BCUT2D eigenvalue weighted by Crippen LogP contribution is 2.22. The molecule has 9 heteroatoms. The van der Waals surface area contributed by atoms with Crippen LogP contribution in [0.2, 0.25) is 0 Å². The largest absolute Gasteiger partial charge is 0.300 e. The number of carbonyl (C=O) groups excluding carboxylic acids is 1. The van der Waals surface area contributed by atoms with Crippen LogP contribution in [0, 0.1) is 0 Å². The Kier molecular flexibility index (Phi) is 5.83. The van der Waals surface area contributed by atoms with Crippen molar-refractivity contribution in [3.8, 4) is 0 Å². The molecule has 142 valence electrons. The van der Waals surface area contributed by atoms with Gasteiger partial charge in [0.1, 0.15) is 5.01 Å². The zero-order valence-corrected chi connectivity index (χ0v) is 16.6. The van der Waals surface area contributed by atoms with Crippen LogP contribution < -0.4 is 10.0 Å². The quantitative estimate of drug-likeness (QED) is 0.630. The minimum absolute atomic E-state index is 0.00314.